The normalized spacial score (nSPS) is 10.9. The van der Waals surface area contributed by atoms with E-state index in [2.05, 4.69) is 5.32 Å². The van der Waals surface area contributed by atoms with E-state index in [1.54, 1.807) is 49.6 Å². The number of benzene rings is 2. The van der Waals surface area contributed by atoms with Crippen molar-refractivity contribution in [2.24, 2.45) is 0 Å². The molecule has 140 valence electrons. The zero-order valence-electron chi connectivity index (χ0n) is 15.8. The largest absolute Gasteiger partial charge is 0.497 e. The Morgan fingerprint density at radius 1 is 1.11 bits per heavy atom. The first-order valence-electron chi connectivity index (χ1n) is 8.38. The van der Waals surface area contributed by atoms with Gasteiger partial charge in [-0.05, 0) is 44.2 Å². The Morgan fingerprint density at radius 2 is 1.89 bits per heavy atom. The van der Waals surface area contributed by atoms with Crippen molar-refractivity contribution in [2.75, 3.05) is 19.5 Å². The molecule has 1 N–H and O–H groups in total. The van der Waals surface area contributed by atoms with Gasteiger partial charge in [0.05, 0.1) is 20.3 Å². The maximum absolute atomic E-state index is 12.5. The molecule has 2 aromatic rings. The van der Waals surface area contributed by atoms with Crippen LogP contribution in [-0.4, -0.2) is 26.2 Å². The molecule has 0 aliphatic rings. The van der Waals surface area contributed by atoms with Crippen LogP contribution in [0.2, 0.25) is 0 Å². The standard InChI is InChI=1S/C21H22N2O4/c1-14(2)27-19-7-5-6-17(11-19)23-21(24)16(13-22)10-15-8-9-18(25-3)12-20(15)26-4/h5-12,14H,1-4H3,(H,23,24)/b16-10-. The maximum Gasteiger partial charge on any atom is 0.266 e. The fourth-order valence-electron chi connectivity index (χ4n) is 2.36. The molecule has 0 aliphatic heterocycles. The second-order valence-corrected chi connectivity index (χ2v) is 5.93. The highest BCUT2D eigenvalue weighted by atomic mass is 16.5. The fourth-order valence-corrected chi connectivity index (χ4v) is 2.36. The topological polar surface area (TPSA) is 80.6 Å². The summed E-state index contributed by atoms with van der Waals surface area (Å²) in [4.78, 5) is 12.5. The maximum atomic E-state index is 12.5. The van der Waals surface area contributed by atoms with Crippen LogP contribution in [0.25, 0.3) is 6.08 Å². The number of anilines is 1. The minimum atomic E-state index is -0.517. The van der Waals surface area contributed by atoms with Gasteiger partial charge >= 0.3 is 0 Å². The molecule has 2 aromatic carbocycles. The van der Waals surface area contributed by atoms with Crippen molar-refractivity contribution in [1.29, 1.82) is 5.26 Å². The Balaban J connectivity index is 2.24. The molecule has 0 bridgehead atoms. The molecule has 6 heteroatoms. The summed E-state index contributed by atoms with van der Waals surface area (Å²) in [6, 6.07) is 14.1. The minimum Gasteiger partial charge on any atom is -0.497 e. The molecule has 0 unspecified atom stereocenters. The van der Waals surface area contributed by atoms with Crippen molar-refractivity contribution >= 4 is 17.7 Å². The zero-order chi connectivity index (χ0) is 19.8. The summed E-state index contributed by atoms with van der Waals surface area (Å²) < 4.78 is 16.1. The van der Waals surface area contributed by atoms with Crippen molar-refractivity contribution < 1.29 is 19.0 Å². The van der Waals surface area contributed by atoms with Crippen molar-refractivity contribution in [1.82, 2.24) is 0 Å². The molecule has 0 saturated heterocycles. The first kappa shape index (κ1) is 19.9. The summed E-state index contributed by atoms with van der Waals surface area (Å²) in [5, 5.41) is 12.1. The van der Waals surface area contributed by atoms with Crippen LogP contribution in [0.3, 0.4) is 0 Å². The Hall–Kier alpha value is -3.46. The van der Waals surface area contributed by atoms with E-state index >= 15 is 0 Å². The SMILES string of the molecule is COc1ccc(/C=C(/C#N)C(=O)Nc2cccc(OC(C)C)c2)c(OC)c1. The highest BCUT2D eigenvalue weighted by molar-refractivity contribution is 6.09. The smallest absolute Gasteiger partial charge is 0.266 e. The number of rotatable bonds is 7. The van der Waals surface area contributed by atoms with Crippen molar-refractivity contribution in [2.45, 2.75) is 20.0 Å². The molecule has 0 aliphatic carbocycles. The summed E-state index contributed by atoms with van der Waals surface area (Å²) in [7, 11) is 3.06. The number of nitriles is 1. The average molecular weight is 366 g/mol. The molecule has 0 radical (unpaired) electrons. The number of carbonyl (C=O) groups is 1. The van der Waals surface area contributed by atoms with Gasteiger partial charge in [0.25, 0.3) is 5.91 Å². The fraction of sp³-hybridized carbons (Fsp3) is 0.238. The van der Waals surface area contributed by atoms with Gasteiger partial charge in [0.2, 0.25) is 0 Å². The van der Waals surface area contributed by atoms with E-state index in [-0.39, 0.29) is 11.7 Å². The van der Waals surface area contributed by atoms with Crippen LogP contribution in [0.15, 0.2) is 48.0 Å². The number of nitrogens with zero attached hydrogens (tertiary/aromatic N) is 1. The Labute approximate surface area is 159 Å². The van der Waals surface area contributed by atoms with Gasteiger partial charge in [-0.1, -0.05) is 6.07 Å². The lowest BCUT2D eigenvalue weighted by atomic mass is 10.1. The van der Waals surface area contributed by atoms with Gasteiger partial charge in [-0.15, -0.1) is 0 Å². The second-order valence-electron chi connectivity index (χ2n) is 5.93. The van der Waals surface area contributed by atoms with Gasteiger partial charge in [0, 0.05) is 23.4 Å². The van der Waals surface area contributed by atoms with E-state index in [9.17, 15) is 10.1 Å². The van der Waals surface area contributed by atoms with Gasteiger partial charge in [0.15, 0.2) is 0 Å². The van der Waals surface area contributed by atoms with Crippen LogP contribution in [0, 0.1) is 11.3 Å². The molecule has 2 rings (SSSR count). The van der Waals surface area contributed by atoms with Crippen LogP contribution < -0.4 is 19.5 Å². The number of nitrogens with one attached hydrogen (secondary N) is 1. The predicted molar refractivity (Wildman–Crippen MR) is 104 cm³/mol. The number of ether oxygens (including phenoxy) is 3. The third kappa shape index (κ3) is 5.51. The van der Waals surface area contributed by atoms with E-state index in [4.69, 9.17) is 14.2 Å². The number of hydrogen-bond donors (Lipinski definition) is 1. The van der Waals surface area contributed by atoms with E-state index in [1.807, 2.05) is 19.9 Å². The van der Waals surface area contributed by atoms with Crippen LogP contribution >= 0.6 is 0 Å². The zero-order valence-corrected chi connectivity index (χ0v) is 15.8. The Morgan fingerprint density at radius 3 is 2.52 bits per heavy atom. The molecule has 0 spiro atoms. The molecule has 0 atom stereocenters. The lowest BCUT2D eigenvalue weighted by Crippen LogP contribution is -2.14. The number of carbonyl (C=O) groups excluding carboxylic acids is 1. The minimum absolute atomic E-state index is 0.0213. The van der Waals surface area contributed by atoms with Crippen molar-refractivity contribution in [3.05, 3.63) is 53.6 Å². The molecule has 6 nitrogen and oxygen atoms in total. The summed E-state index contributed by atoms with van der Waals surface area (Å²) in [6.07, 6.45) is 1.50. The molecular weight excluding hydrogens is 344 g/mol. The van der Waals surface area contributed by atoms with Crippen molar-refractivity contribution in [3.63, 3.8) is 0 Å². The number of amides is 1. The molecule has 0 heterocycles. The van der Waals surface area contributed by atoms with Crippen LogP contribution in [-0.2, 0) is 4.79 Å². The number of hydrogen-bond acceptors (Lipinski definition) is 5. The molecule has 0 saturated carbocycles. The van der Waals surface area contributed by atoms with E-state index in [0.29, 0.717) is 28.5 Å². The van der Waals surface area contributed by atoms with E-state index in [0.717, 1.165) is 0 Å². The Kier molecular flexibility index (Phi) is 6.84. The molecule has 1 amide bonds. The summed E-state index contributed by atoms with van der Waals surface area (Å²) in [6.45, 7) is 3.84. The lowest BCUT2D eigenvalue weighted by molar-refractivity contribution is -0.112. The quantitative estimate of drug-likeness (QED) is 0.591. The van der Waals surface area contributed by atoms with Crippen molar-refractivity contribution in [3.8, 4) is 23.3 Å². The Bertz CT molecular complexity index is 882. The van der Waals surface area contributed by atoms with Gasteiger partial charge in [-0.2, -0.15) is 5.26 Å². The second kappa shape index (κ2) is 9.30. The third-order valence-corrected chi connectivity index (χ3v) is 3.57. The molecule has 0 fully saturated rings. The molecule has 0 aromatic heterocycles. The predicted octanol–water partition coefficient (Wildman–Crippen LogP) is 4.04. The van der Waals surface area contributed by atoms with E-state index < -0.39 is 5.91 Å². The van der Waals surface area contributed by atoms with E-state index in [1.165, 1.54) is 13.2 Å². The first-order valence-corrected chi connectivity index (χ1v) is 8.38. The highest BCUT2D eigenvalue weighted by Gasteiger charge is 2.12. The van der Waals surface area contributed by atoms with Crippen LogP contribution in [0.1, 0.15) is 19.4 Å². The average Bonchev–Trinajstić information content (AvgIpc) is 2.65. The summed E-state index contributed by atoms with van der Waals surface area (Å²) in [5.74, 6) is 1.25. The van der Waals surface area contributed by atoms with Gasteiger partial charge < -0.3 is 19.5 Å². The lowest BCUT2D eigenvalue weighted by Gasteiger charge is -2.11. The monoisotopic (exact) mass is 366 g/mol. The molecular formula is C21H22N2O4. The van der Waals surface area contributed by atoms with Crippen LogP contribution in [0.4, 0.5) is 5.69 Å². The van der Waals surface area contributed by atoms with Gasteiger partial charge in [0.1, 0.15) is 28.9 Å². The summed E-state index contributed by atoms with van der Waals surface area (Å²) >= 11 is 0. The third-order valence-electron chi connectivity index (χ3n) is 3.57. The van der Waals surface area contributed by atoms with Crippen LogP contribution in [0.5, 0.6) is 17.2 Å². The number of methoxy groups -OCH3 is 2. The first-order chi connectivity index (χ1) is 13.0. The van der Waals surface area contributed by atoms with Gasteiger partial charge in [-0.25, -0.2) is 0 Å². The molecule has 27 heavy (non-hydrogen) atoms. The highest BCUT2D eigenvalue weighted by Crippen LogP contribution is 2.27. The summed E-state index contributed by atoms with van der Waals surface area (Å²) in [5.41, 5.74) is 1.09. The van der Waals surface area contributed by atoms with Gasteiger partial charge in [-0.3, -0.25) is 4.79 Å².